The Morgan fingerprint density at radius 2 is 2.06 bits per heavy atom. The minimum absolute atomic E-state index is 0.499. The van der Waals surface area contributed by atoms with Crippen LogP contribution in [0.15, 0.2) is 18.2 Å². The van der Waals surface area contributed by atoms with Gasteiger partial charge in [0.25, 0.3) is 0 Å². The second-order valence-electron chi connectivity index (χ2n) is 4.85. The Morgan fingerprint density at radius 3 is 2.71 bits per heavy atom. The number of nitrogens with one attached hydrogen (secondary N) is 1. The van der Waals surface area contributed by atoms with Gasteiger partial charge < -0.3 is 10.1 Å². The highest BCUT2D eigenvalue weighted by molar-refractivity contribution is 5.36. The van der Waals surface area contributed by atoms with Crippen LogP contribution < -0.4 is 10.1 Å². The van der Waals surface area contributed by atoms with E-state index < -0.39 is 0 Å². The van der Waals surface area contributed by atoms with Crippen LogP contribution in [0.25, 0.3) is 0 Å². The Morgan fingerprint density at radius 1 is 1.29 bits per heavy atom. The van der Waals surface area contributed by atoms with Crippen LogP contribution in [-0.4, -0.2) is 12.6 Å². The van der Waals surface area contributed by atoms with Crippen LogP contribution in [0.2, 0.25) is 0 Å². The molecule has 2 heteroatoms. The Labute approximate surface area is 105 Å². The van der Waals surface area contributed by atoms with Crippen molar-refractivity contribution in [3.63, 3.8) is 0 Å². The van der Waals surface area contributed by atoms with Gasteiger partial charge >= 0.3 is 0 Å². The molecule has 0 aromatic heterocycles. The van der Waals surface area contributed by atoms with E-state index in [1.807, 2.05) is 0 Å². The molecule has 2 nitrogen and oxygen atoms in total. The first-order chi connectivity index (χ1) is 8.13. The fourth-order valence-corrected chi connectivity index (χ4v) is 1.63. The van der Waals surface area contributed by atoms with Crippen molar-refractivity contribution < 1.29 is 4.74 Å². The maximum Gasteiger partial charge on any atom is 0.123 e. The molecule has 0 radical (unpaired) electrons. The highest BCUT2D eigenvalue weighted by Crippen LogP contribution is 2.20. The van der Waals surface area contributed by atoms with Crippen molar-refractivity contribution >= 4 is 0 Å². The molecule has 0 bridgehead atoms. The standard InChI is InChI=1S/C15H25NO/c1-5-6-9-17-15-8-7-13(4)10-14(15)11-16-12(2)3/h7-8,10,12,16H,5-6,9,11H2,1-4H3. The highest BCUT2D eigenvalue weighted by Gasteiger charge is 2.04. The van der Waals surface area contributed by atoms with Crippen molar-refractivity contribution in [2.24, 2.45) is 0 Å². The maximum atomic E-state index is 5.82. The molecule has 0 aliphatic heterocycles. The summed E-state index contributed by atoms with van der Waals surface area (Å²) in [6.45, 7) is 10.3. The van der Waals surface area contributed by atoms with Crippen LogP contribution in [-0.2, 0) is 6.54 Å². The van der Waals surface area contributed by atoms with Gasteiger partial charge in [0, 0.05) is 18.2 Å². The highest BCUT2D eigenvalue weighted by atomic mass is 16.5. The van der Waals surface area contributed by atoms with Gasteiger partial charge in [-0.25, -0.2) is 0 Å². The third kappa shape index (κ3) is 5.22. The van der Waals surface area contributed by atoms with E-state index in [4.69, 9.17) is 4.74 Å². The van der Waals surface area contributed by atoms with Crippen molar-refractivity contribution in [1.29, 1.82) is 0 Å². The quantitative estimate of drug-likeness (QED) is 0.728. The number of unbranched alkanes of at least 4 members (excludes halogenated alkanes) is 1. The van der Waals surface area contributed by atoms with Gasteiger partial charge in [-0.1, -0.05) is 44.9 Å². The van der Waals surface area contributed by atoms with Gasteiger partial charge in [-0.2, -0.15) is 0 Å². The van der Waals surface area contributed by atoms with Crippen LogP contribution in [0.4, 0.5) is 0 Å². The van der Waals surface area contributed by atoms with Gasteiger partial charge in [0.05, 0.1) is 6.61 Å². The van der Waals surface area contributed by atoms with Gasteiger partial charge in [0.2, 0.25) is 0 Å². The van der Waals surface area contributed by atoms with E-state index in [2.05, 4.69) is 51.2 Å². The van der Waals surface area contributed by atoms with Crippen LogP contribution in [0.5, 0.6) is 5.75 Å². The molecule has 1 aromatic carbocycles. The molecule has 0 saturated carbocycles. The zero-order chi connectivity index (χ0) is 12.7. The molecule has 0 heterocycles. The first-order valence-corrected chi connectivity index (χ1v) is 6.59. The van der Waals surface area contributed by atoms with Crippen molar-refractivity contribution in [3.8, 4) is 5.75 Å². The van der Waals surface area contributed by atoms with E-state index in [0.29, 0.717) is 6.04 Å². The number of ether oxygens (including phenoxy) is 1. The molecule has 0 aliphatic rings. The molecular formula is C15H25NO. The maximum absolute atomic E-state index is 5.82. The summed E-state index contributed by atoms with van der Waals surface area (Å²) in [7, 11) is 0. The second kappa shape index (κ2) is 7.33. The minimum Gasteiger partial charge on any atom is -0.493 e. The third-order valence-electron chi connectivity index (χ3n) is 2.67. The third-order valence-corrected chi connectivity index (χ3v) is 2.67. The lowest BCUT2D eigenvalue weighted by atomic mass is 10.1. The molecule has 0 aliphatic carbocycles. The molecule has 0 fully saturated rings. The van der Waals surface area contributed by atoms with Crippen molar-refractivity contribution in [2.75, 3.05) is 6.61 Å². The van der Waals surface area contributed by atoms with Crippen LogP contribution in [0, 0.1) is 6.92 Å². The van der Waals surface area contributed by atoms with E-state index in [1.165, 1.54) is 17.5 Å². The Balaban J connectivity index is 2.66. The molecule has 1 rings (SSSR count). The van der Waals surface area contributed by atoms with E-state index in [9.17, 15) is 0 Å². The lowest BCUT2D eigenvalue weighted by Crippen LogP contribution is -2.22. The Hall–Kier alpha value is -1.02. The van der Waals surface area contributed by atoms with E-state index >= 15 is 0 Å². The molecule has 0 saturated heterocycles. The summed E-state index contributed by atoms with van der Waals surface area (Å²) in [5.74, 6) is 1.03. The van der Waals surface area contributed by atoms with E-state index in [-0.39, 0.29) is 0 Å². The SMILES string of the molecule is CCCCOc1ccc(C)cc1CNC(C)C. The van der Waals surface area contributed by atoms with Crippen molar-refractivity contribution in [3.05, 3.63) is 29.3 Å². The number of benzene rings is 1. The lowest BCUT2D eigenvalue weighted by molar-refractivity contribution is 0.305. The number of hydrogen-bond donors (Lipinski definition) is 1. The summed E-state index contributed by atoms with van der Waals surface area (Å²) in [6, 6.07) is 6.90. The number of hydrogen-bond acceptors (Lipinski definition) is 2. The number of rotatable bonds is 7. The smallest absolute Gasteiger partial charge is 0.123 e. The predicted molar refractivity (Wildman–Crippen MR) is 73.6 cm³/mol. The molecule has 0 atom stereocenters. The summed E-state index contributed by atoms with van der Waals surface area (Å²) in [6.07, 6.45) is 2.29. The largest absolute Gasteiger partial charge is 0.493 e. The fourth-order valence-electron chi connectivity index (χ4n) is 1.63. The molecule has 0 unspecified atom stereocenters. The summed E-state index contributed by atoms with van der Waals surface area (Å²) >= 11 is 0. The van der Waals surface area contributed by atoms with Crippen molar-refractivity contribution in [1.82, 2.24) is 5.32 Å². The van der Waals surface area contributed by atoms with Gasteiger partial charge in [-0.3, -0.25) is 0 Å². The lowest BCUT2D eigenvalue weighted by Gasteiger charge is -2.14. The molecular weight excluding hydrogens is 210 g/mol. The minimum atomic E-state index is 0.499. The molecule has 96 valence electrons. The first-order valence-electron chi connectivity index (χ1n) is 6.59. The number of aryl methyl sites for hydroxylation is 1. The molecule has 0 spiro atoms. The second-order valence-corrected chi connectivity index (χ2v) is 4.85. The van der Waals surface area contributed by atoms with E-state index in [0.717, 1.165) is 25.3 Å². The molecule has 0 amide bonds. The van der Waals surface area contributed by atoms with Gasteiger partial charge in [0.1, 0.15) is 5.75 Å². The summed E-state index contributed by atoms with van der Waals surface area (Å²) in [5.41, 5.74) is 2.54. The molecule has 1 N–H and O–H groups in total. The van der Waals surface area contributed by atoms with Crippen LogP contribution >= 0.6 is 0 Å². The topological polar surface area (TPSA) is 21.3 Å². The van der Waals surface area contributed by atoms with Gasteiger partial charge in [-0.15, -0.1) is 0 Å². The fraction of sp³-hybridized carbons (Fsp3) is 0.600. The van der Waals surface area contributed by atoms with Gasteiger partial charge in [0.15, 0.2) is 0 Å². The monoisotopic (exact) mass is 235 g/mol. The summed E-state index contributed by atoms with van der Waals surface area (Å²) < 4.78 is 5.82. The van der Waals surface area contributed by atoms with Crippen molar-refractivity contribution in [2.45, 2.75) is 53.1 Å². The Bertz CT molecular complexity index is 334. The first kappa shape index (κ1) is 14.0. The summed E-state index contributed by atoms with van der Waals surface area (Å²) in [4.78, 5) is 0. The van der Waals surface area contributed by atoms with Crippen LogP contribution in [0.1, 0.15) is 44.7 Å². The molecule has 17 heavy (non-hydrogen) atoms. The molecule has 1 aromatic rings. The van der Waals surface area contributed by atoms with E-state index in [1.54, 1.807) is 0 Å². The van der Waals surface area contributed by atoms with Gasteiger partial charge in [-0.05, 0) is 19.4 Å². The normalized spacial score (nSPS) is 10.9. The average Bonchev–Trinajstić information content (AvgIpc) is 2.29. The predicted octanol–water partition coefficient (Wildman–Crippen LogP) is 3.67. The Kier molecular flexibility index (Phi) is 6.06. The average molecular weight is 235 g/mol. The summed E-state index contributed by atoms with van der Waals surface area (Å²) in [5, 5.41) is 3.44. The van der Waals surface area contributed by atoms with Crippen LogP contribution in [0.3, 0.4) is 0 Å². The zero-order valence-corrected chi connectivity index (χ0v) is 11.5. The zero-order valence-electron chi connectivity index (χ0n) is 11.5.